The van der Waals surface area contributed by atoms with Gasteiger partial charge in [-0.2, -0.15) is 0 Å². The number of nitrogens with one attached hydrogen (secondary N) is 1. The van der Waals surface area contributed by atoms with E-state index in [0.29, 0.717) is 6.04 Å². The molecule has 2 heteroatoms. The van der Waals surface area contributed by atoms with Gasteiger partial charge in [-0.3, -0.25) is 0 Å². The monoisotopic (exact) mass is 249 g/mol. The van der Waals surface area contributed by atoms with Gasteiger partial charge < -0.3 is 10.1 Å². The molecule has 0 fully saturated rings. The normalized spacial score (nSPS) is 12.4. The second kappa shape index (κ2) is 8.15. The zero-order chi connectivity index (χ0) is 13.4. The van der Waals surface area contributed by atoms with Gasteiger partial charge in [-0.25, -0.2) is 0 Å². The summed E-state index contributed by atoms with van der Waals surface area (Å²) < 4.78 is 5.27. The fraction of sp³-hybridized carbons (Fsp3) is 0.625. The van der Waals surface area contributed by atoms with Crippen LogP contribution in [0.15, 0.2) is 18.2 Å². The lowest BCUT2D eigenvalue weighted by Gasteiger charge is -2.14. The van der Waals surface area contributed by atoms with Crippen molar-refractivity contribution in [1.82, 2.24) is 5.32 Å². The number of aryl methyl sites for hydroxylation is 1. The van der Waals surface area contributed by atoms with E-state index in [1.807, 2.05) is 6.07 Å². The highest BCUT2D eigenvalue weighted by molar-refractivity contribution is 5.36. The minimum atomic E-state index is 0.596. The Morgan fingerprint density at radius 2 is 2.06 bits per heavy atom. The standard InChI is InChI=1S/C16H27NO/c1-5-6-7-8-14(3)17-12-15-9-10-16(18-4)13(2)11-15/h9-11,14,17H,5-8,12H2,1-4H3. The lowest BCUT2D eigenvalue weighted by atomic mass is 10.1. The summed E-state index contributed by atoms with van der Waals surface area (Å²) >= 11 is 0. The Morgan fingerprint density at radius 3 is 2.67 bits per heavy atom. The van der Waals surface area contributed by atoms with Crippen LogP contribution in [0.3, 0.4) is 0 Å². The van der Waals surface area contributed by atoms with Gasteiger partial charge in [0.15, 0.2) is 0 Å². The summed E-state index contributed by atoms with van der Waals surface area (Å²) in [7, 11) is 1.72. The van der Waals surface area contributed by atoms with Crippen molar-refractivity contribution in [3.63, 3.8) is 0 Å². The lowest BCUT2D eigenvalue weighted by Crippen LogP contribution is -2.25. The van der Waals surface area contributed by atoms with Crippen LogP contribution in [0, 0.1) is 6.92 Å². The maximum Gasteiger partial charge on any atom is 0.121 e. The van der Waals surface area contributed by atoms with Gasteiger partial charge in [0.2, 0.25) is 0 Å². The van der Waals surface area contributed by atoms with Gasteiger partial charge in [-0.05, 0) is 37.5 Å². The smallest absolute Gasteiger partial charge is 0.121 e. The quantitative estimate of drug-likeness (QED) is 0.701. The largest absolute Gasteiger partial charge is 0.496 e. The molecule has 0 aliphatic carbocycles. The predicted molar refractivity (Wildman–Crippen MR) is 78.2 cm³/mol. The molecule has 0 saturated carbocycles. The zero-order valence-corrected chi connectivity index (χ0v) is 12.3. The summed E-state index contributed by atoms with van der Waals surface area (Å²) in [5, 5.41) is 3.58. The van der Waals surface area contributed by atoms with Crippen molar-refractivity contribution in [2.24, 2.45) is 0 Å². The van der Waals surface area contributed by atoms with Crippen LogP contribution in [0.1, 0.15) is 50.7 Å². The molecule has 0 heterocycles. The second-order valence-corrected chi connectivity index (χ2v) is 5.08. The molecular formula is C16H27NO. The molecule has 0 amide bonds. The van der Waals surface area contributed by atoms with Crippen LogP contribution in [-0.4, -0.2) is 13.2 Å². The molecule has 18 heavy (non-hydrogen) atoms. The third kappa shape index (κ3) is 5.09. The van der Waals surface area contributed by atoms with Crippen LogP contribution < -0.4 is 10.1 Å². The Hall–Kier alpha value is -1.02. The summed E-state index contributed by atoms with van der Waals surface area (Å²) in [6, 6.07) is 6.98. The first-order chi connectivity index (χ1) is 8.67. The molecule has 0 aliphatic heterocycles. The average molecular weight is 249 g/mol. The van der Waals surface area contributed by atoms with Crippen LogP contribution in [0.4, 0.5) is 0 Å². The molecular weight excluding hydrogens is 222 g/mol. The summed E-state index contributed by atoms with van der Waals surface area (Å²) in [5.41, 5.74) is 2.53. The number of hydrogen-bond donors (Lipinski definition) is 1. The molecule has 0 bridgehead atoms. The van der Waals surface area contributed by atoms with Gasteiger partial charge in [0, 0.05) is 12.6 Å². The minimum Gasteiger partial charge on any atom is -0.496 e. The van der Waals surface area contributed by atoms with Crippen molar-refractivity contribution in [3.05, 3.63) is 29.3 Å². The Morgan fingerprint density at radius 1 is 1.28 bits per heavy atom. The van der Waals surface area contributed by atoms with E-state index in [4.69, 9.17) is 4.74 Å². The van der Waals surface area contributed by atoms with Gasteiger partial charge in [-0.1, -0.05) is 38.3 Å². The summed E-state index contributed by atoms with van der Waals surface area (Å²) in [6.07, 6.45) is 5.23. The molecule has 0 aliphatic rings. The van der Waals surface area contributed by atoms with E-state index in [1.54, 1.807) is 7.11 Å². The Kier molecular flexibility index (Phi) is 6.81. The summed E-state index contributed by atoms with van der Waals surface area (Å²) in [5.74, 6) is 0.967. The van der Waals surface area contributed by atoms with Crippen LogP contribution in [0.5, 0.6) is 5.75 Å². The van der Waals surface area contributed by atoms with Crippen LogP contribution >= 0.6 is 0 Å². The number of ether oxygens (including phenoxy) is 1. The lowest BCUT2D eigenvalue weighted by molar-refractivity contribution is 0.411. The minimum absolute atomic E-state index is 0.596. The maximum absolute atomic E-state index is 5.27. The van der Waals surface area contributed by atoms with E-state index in [1.165, 1.54) is 36.8 Å². The maximum atomic E-state index is 5.27. The van der Waals surface area contributed by atoms with Crippen molar-refractivity contribution in [3.8, 4) is 5.75 Å². The number of methoxy groups -OCH3 is 1. The van der Waals surface area contributed by atoms with Crippen LogP contribution in [-0.2, 0) is 6.54 Å². The van der Waals surface area contributed by atoms with Crippen molar-refractivity contribution in [2.45, 2.75) is 59.0 Å². The third-order valence-corrected chi connectivity index (χ3v) is 3.35. The third-order valence-electron chi connectivity index (χ3n) is 3.35. The first-order valence-electron chi connectivity index (χ1n) is 7.04. The van der Waals surface area contributed by atoms with Crippen molar-refractivity contribution >= 4 is 0 Å². The van der Waals surface area contributed by atoms with Gasteiger partial charge in [-0.15, -0.1) is 0 Å². The predicted octanol–water partition coefficient (Wildman–Crippen LogP) is 4.06. The van der Waals surface area contributed by atoms with E-state index >= 15 is 0 Å². The van der Waals surface area contributed by atoms with Crippen molar-refractivity contribution in [1.29, 1.82) is 0 Å². The van der Waals surface area contributed by atoms with Crippen molar-refractivity contribution < 1.29 is 4.74 Å². The van der Waals surface area contributed by atoms with E-state index in [0.717, 1.165) is 12.3 Å². The fourth-order valence-corrected chi connectivity index (χ4v) is 2.15. The topological polar surface area (TPSA) is 21.3 Å². The Labute approximate surface area is 112 Å². The molecule has 1 aromatic rings. The average Bonchev–Trinajstić information content (AvgIpc) is 2.37. The molecule has 0 aromatic heterocycles. The first-order valence-corrected chi connectivity index (χ1v) is 7.04. The SMILES string of the molecule is CCCCCC(C)NCc1ccc(OC)c(C)c1. The molecule has 1 atom stereocenters. The highest BCUT2D eigenvalue weighted by Gasteiger charge is 2.03. The molecule has 0 radical (unpaired) electrons. The van der Waals surface area contributed by atoms with Gasteiger partial charge in [0.1, 0.15) is 5.75 Å². The number of benzene rings is 1. The van der Waals surface area contributed by atoms with E-state index in [2.05, 4.69) is 38.2 Å². The highest BCUT2D eigenvalue weighted by Crippen LogP contribution is 2.18. The summed E-state index contributed by atoms with van der Waals surface area (Å²) in [6.45, 7) is 7.55. The molecule has 102 valence electrons. The molecule has 1 unspecified atom stereocenters. The molecule has 1 rings (SSSR count). The molecule has 0 spiro atoms. The molecule has 1 aromatic carbocycles. The summed E-state index contributed by atoms with van der Waals surface area (Å²) in [4.78, 5) is 0. The van der Waals surface area contributed by atoms with Crippen LogP contribution in [0.25, 0.3) is 0 Å². The number of rotatable bonds is 8. The van der Waals surface area contributed by atoms with E-state index in [9.17, 15) is 0 Å². The van der Waals surface area contributed by atoms with Crippen molar-refractivity contribution in [2.75, 3.05) is 7.11 Å². The Balaban J connectivity index is 2.36. The van der Waals surface area contributed by atoms with Gasteiger partial charge in [0.25, 0.3) is 0 Å². The highest BCUT2D eigenvalue weighted by atomic mass is 16.5. The van der Waals surface area contributed by atoms with Crippen LogP contribution in [0.2, 0.25) is 0 Å². The zero-order valence-electron chi connectivity index (χ0n) is 12.3. The Bertz CT molecular complexity index is 349. The molecule has 2 nitrogen and oxygen atoms in total. The molecule has 0 saturated heterocycles. The molecule has 1 N–H and O–H groups in total. The van der Waals surface area contributed by atoms with Gasteiger partial charge >= 0.3 is 0 Å². The first kappa shape index (κ1) is 15.0. The number of hydrogen-bond acceptors (Lipinski definition) is 2. The van der Waals surface area contributed by atoms with E-state index < -0.39 is 0 Å². The fourth-order valence-electron chi connectivity index (χ4n) is 2.15. The number of unbranched alkanes of at least 4 members (excludes halogenated alkanes) is 2. The van der Waals surface area contributed by atoms with E-state index in [-0.39, 0.29) is 0 Å². The second-order valence-electron chi connectivity index (χ2n) is 5.08. The van der Waals surface area contributed by atoms with Gasteiger partial charge in [0.05, 0.1) is 7.11 Å².